The van der Waals surface area contributed by atoms with Crippen molar-refractivity contribution in [1.82, 2.24) is 19.8 Å². The van der Waals surface area contributed by atoms with Crippen molar-refractivity contribution >= 4 is 11.7 Å². The molecule has 2 saturated heterocycles. The van der Waals surface area contributed by atoms with Crippen molar-refractivity contribution in [3.8, 4) is 6.01 Å². The molecule has 1 spiro atoms. The fraction of sp³-hybridized carbons (Fsp3) is 0.567. The van der Waals surface area contributed by atoms with E-state index in [0.717, 1.165) is 56.8 Å². The second-order valence-electron chi connectivity index (χ2n) is 11.3. The minimum Gasteiger partial charge on any atom is -0.462 e. The largest absolute Gasteiger partial charge is 0.462 e. The van der Waals surface area contributed by atoms with E-state index in [1.165, 1.54) is 48.4 Å². The number of anilines is 1. The van der Waals surface area contributed by atoms with Gasteiger partial charge in [0.15, 0.2) is 0 Å². The number of carbonyl (C=O) groups excluding carboxylic acids is 1. The Morgan fingerprint density at radius 1 is 1.11 bits per heavy atom. The molecule has 2 fully saturated rings. The molecule has 37 heavy (non-hydrogen) atoms. The molecule has 7 nitrogen and oxygen atoms in total. The van der Waals surface area contributed by atoms with Gasteiger partial charge in [-0.05, 0) is 82.2 Å². The lowest BCUT2D eigenvalue weighted by molar-refractivity contribution is -0.126. The molecule has 2 aliphatic carbocycles. The van der Waals surface area contributed by atoms with Crippen LogP contribution in [0.5, 0.6) is 6.01 Å². The average molecular weight is 502 g/mol. The van der Waals surface area contributed by atoms with Crippen molar-refractivity contribution in [2.24, 2.45) is 0 Å². The van der Waals surface area contributed by atoms with E-state index in [1.807, 2.05) is 4.90 Å². The fourth-order valence-corrected chi connectivity index (χ4v) is 7.08. The number of likely N-dealkylation sites (tertiary alicyclic amines) is 1. The van der Waals surface area contributed by atoms with E-state index in [4.69, 9.17) is 14.7 Å². The van der Waals surface area contributed by atoms with Crippen LogP contribution in [0, 0.1) is 0 Å². The van der Waals surface area contributed by atoms with Gasteiger partial charge in [-0.25, -0.2) is 0 Å². The summed E-state index contributed by atoms with van der Waals surface area (Å²) in [6.07, 6.45) is 10.5. The van der Waals surface area contributed by atoms with Crippen molar-refractivity contribution in [3.05, 3.63) is 59.3 Å². The topological polar surface area (TPSA) is 61.8 Å². The maximum atomic E-state index is 12.1. The highest BCUT2D eigenvalue weighted by atomic mass is 16.5. The zero-order chi connectivity index (χ0) is 25.4. The Kier molecular flexibility index (Phi) is 6.65. The maximum Gasteiger partial charge on any atom is 0.318 e. The highest BCUT2D eigenvalue weighted by Gasteiger charge is 2.41. The number of ether oxygens (including phenoxy) is 1. The molecule has 4 aliphatic rings. The zero-order valence-corrected chi connectivity index (χ0v) is 22.1. The van der Waals surface area contributed by atoms with E-state index < -0.39 is 0 Å². The van der Waals surface area contributed by atoms with Crippen LogP contribution in [0.3, 0.4) is 0 Å². The van der Waals surface area contributed by atoms with E-state index in [2.05, 4.69) is 47.7 Å². The standard InChI is InChI=1S/C30H39N5O2/c1-3-27(36)34-16-18-35(19-17-34)28-24-12-14-30(13-6-9-22-8-4-5-11-25(22)30)20-26(24)31-29(32-28)37-21-23-10-7-15-33(23)2/h3-5,8,11,23H,1,6-7,9-10,12-21H2,2H3. The number of fused-ring (bicyclic) bond motifs is 3. The van der Waals surface area contributed by atoms with Crippen LogP contribution >= 0.6 is 0 Å². The van der Waals surface area contributed by atoms with Crippen molar-refractivity contribution in [3.63, 3.8) is 0 Å². The van der Waals surface area contributed by atoms with Crippen LogP contribution in [0.4, 0.5) is 5.82 Å². The summed E-state index contributed by atoms with van der Waals surface area (Å²) in [5, 5.41) is 0. The van der Waals surface area contributed by atoms with Crippen molar-refractivity contribution in [1.29, 1.82) is 0 Å². The second-order valence-corrected chi connectivity index (χ2v) is 11.3. The molecule has 1 aromatic heterocycles. The highest BCUT2D eigenvalue weighted by Crippen LogP contribution is 2.47. The number of nitrogens with zero attached hydrogens (tertiary/aromatic N) is 5. The highest BCUT2D eigenvalue weighted by molar-refractivity contribution is 5.87. The summed E-state index contributed by atoms with van der Waals surface area (Å²) in [6.45, 7) is 8.31. The summed E-state index contributed by atoms with van der Waals surface area (Å²) in [5.41, 5.74) is 5.63. The van der Waals surface area contributed by atoms with Gasteiger partial charge >= 0.3 is 6.01 Å². The quantitative estimate of drug-likeness (QED) is 0.584. The summed E-state index contributed by atoms with van der Waals surface area (Å²) < 4.78 is 6.31. The Hall–Kier alpha value is -2.93. The van der Waals surface area contributed by atoms with E-state index in [-0.39, 0.29) is 11.3 Å². The van der Waals surface area contributed by atoms with Crippen molar-refractivity contribution in [2.45, 2.75) is 62.8 Å². The number of aryl methyl sites for hydroxylation is 1. The van der Waals surface area contributed by atoms with Crippen LogP contribution in [-0.4, -0.2) is 78.1 Å². The number of amides is 1. The minimum absolute atomic E-state index is 0.00646. The summed E-state index contributed by atoms with van der Waals surface area (Å²) in [4.78, 5) is 28.8. The molecular weight excluding hydrogens is 462 g/mol. The van der Waals surface area contributed by atoms with Gasteiger partial charge in [0.25, 0.3) is 0 Å². The summed E-state index contributed by atoms with van der Waals surface area (Å²) in [7, 11) is 2.18. The molecule has 0 N–H and O–H groups in total. The van der Waals surface area contributed by atoms with Gasteiger partial charge in [0.2, 0.25) is 5.91 Å². The molecule has 0 bridgehead atoms. The zero-order valence-electron chi connectivity index (χ0n) is 22.1. The normalized spacial score (nSPS) is 25.6. The number of carbonyl (C=O) groups is 1. The molecule has 3 heterocycles. The molecule has 1 amide bonds. The third-order valence-corrected chi connectivity index (χ3v) is 9.24. The van der Waals surface area contributed by atoms with Gasteiger partial charge in [-0.15, -0.1) is 0 Å². The first kappa shape index (κ1) is 24.4. The molecule has 2 atom stereocenters. The number of likely N-dealkylation sites (N-methyl/N-ethyl adjacent to an activating group) is 1. The lowest BCUT2D eigenvalue weighted by atomic mass is 9.62. The molecule has 0 saturated carbocycles. The van der Waals surface area contributed by atoms with Crippen LogP contribution in [0.25, 0.3) is 0 Å². The predicted molar refractivity (Wildman–Crippen MR) is 145 cm³/mol. The number of hydrogen-bond acceptors (Lipinski definition) is 6. The molecule has 2 aromatic rings. The molecule has 0 radical (unpaired) electrons. The molecular formula is C30H39N5O2. The van der Waals surface area contributed by atoms with E-state index in [9.17, 15) is 4.79 Å². The summed E-state index contributed by atoms with van der Waals surface area (Å²) in [6, 6.07) is 9.98. The number of hydrogen-bond donors (Lipinski definition) is 0. The number of piperazine rings is 1. The number of rotatable bonds is 5. The fourth-order valence-electron chi connectivity index (χ4n) is 7.08. The van der Waals surface area contributed by atoms with Gasteiger partial charge < -0.3 is 19.4 Å². The Bertz CT molecular complexity index is 1170. The smallest absolute Gasteiger partial charge is 0.318 e. The lowest BCUT2D eigenvalue weighted by Crippen LogP contribution is -2.49. The molecule has 7 heteroatoms. The number of aromatic nitrogens is 2. The minimum atomic E-state index is 0.00646. The van der Waals surface area contributed by atoms with Gasteiger partial charge in [-0.3, -0.25) is 4.79 Å². The molecule has 1 aromatic carbocycles. The maximum absolute atomic E-state index is 12.1. The molecule has 2 unspecified atom stereocenters. The van der Waals surface area contributed by atoms with Crippen molar-refractivity contribution < 1.29 is 9.53 Å². The third kappa shape index (κ3) is 4.63. The van der Waals surface area contributed by atoms with Gasteiger partial charge in [-0.1, -0.05) is 30.8 Å². The lowest BCUT2D eigenvalue weighted by Gasteiger charge is -2.43. The Balaban J connectivity index is 1.31. The Morgan fingerprint density at radius 3 is 2.73 bits per heavy atom. The number of benzene rings is 1. The monoisotopic (exact) mass is 501 g/mol. The summed E-state index contributed by atoms with van der Waals surface area (Å²) >= 11 is 0. The van der Waals surface area contributed by atoms with E-state index >= 15 is 0 Å². The average Bonchev–Trinajstić information content (AvgIpc) is 3.35. The SMILES string of the molecule is C=CC(=O)N1CCN(c2nc(OCC3CCCN3C)nc3c2CCC2(CCCc4ccccc42)C3)CC1. The van der Waals surface area contributed by atoms with Crippen molar-refractivity contribution in [2.75, 3.05) is 51.3 Å². The summed E-state index contributed by atoms with van der Waals surface area (Å²) in [5.74, 6) is 1.02. The van der Waals surface area contributed by atoms with E-state index in [1.54, 1.807) is 0 Å². The molecule has 6 rings (SSSR count). The third-order valence-electron chi connectivity index (χ3n) is 9.24. The Labute approximate surface area is 220 Å². The van der Waals surface area contributed by atoms with Gasteiger partial charge in [0.1, 0.15) is 12.4 Å². The van der Waals surface area contributed by atoms with Gasteiger partial charge in [0, 0.05) is 43.2 Å². The predicted octanol–water partition coefficient (Wildman–Crippen LogP) is 3.55. The molecule has 2 aliphatic heterocycles. The van der Waals surface area contributed by atoms with Crippen LogP contribution < -0.4 is 9.64 Å². The van der Waals surface area contributed by atoms with Crippen LogP contribution in [0.15, 0.2) is 36.9 Å². The van der Waals surface area contributed by atoms with Crippen LogP contribution in [-0.2, 0) is 29.5 Å². The Morgan fingerprint density at radius 2 is 1.95 bits per heavy atom. The molecule has 196 valence electrons. The van der Waals surface area contributed by atoms with E-state index in [0.29, 0.717) is 31.7 Å². The second kappa shape index (κ2) is 10.1. The van der Waals surface area contributed by atoms with Crippen LogP contribution in [0.1, 0.15) is 54.5 Å². The van der Waals surface area contributed by atoms with Gasteiger partial charge in [0.05, 0.1) is 5.69 Å². The van der Waals surface area contributed by atoms with Crippen LogP contribution in [0.2, 0.25) is 0 Å². The first-order valence-corrected chi connectivity index (χ1v) is 14.0. The first-order chi connectivity index (χ1) is 18.1. The van der Waals surface area contributed by atoms with Gasteiger partial charge in [-0.2, -0.15) is 9.97 Å². The first-order valence-electron chi connectivity index (χ1n) is 14.0.